The van der Waals surface area contributed by atoms with E-state index in [0.29, 0.717) is 23.3 Å². The average Bonchev–Trinajstić information content (AvgIpc) is 3.22. The molecule has 2 aromatic heterocycles. The number of pyridine rings is 1. The van der Waals surface area contributed by atoms with Gasteiger partial charge in [-0.15, -0.1) is 0 Å². The van der Waals surface area contributed by atoms with Gasteiger partial charge in [0.05, 0.1) is 12.8 Å². The highest BCUT2D eigenvalue weighted by Gasteiger charge is 2.31. The van der Waals surface area contributed by atoms with Crippen molar-refractivity contribution in [2.45, 2.75) is 45.3 Å². The van der Waals surface area contributed by atoms with Crippen LogP contribution in [0.1, 0.15) is 42.7 Å². The number of rotatable bonds is 5. The van der Waals surface area contributed by atoms with Gasteiger partial charge in [0.25, 0.3) is 0 Å². The molecular formula is C16H21N3O2. The van der Waals surface area contributed by atoms with E-state index in [4.69, 9.17) is 4.74 Å². The lowest BCUT2D eigenvalue weighted by Gasteiger charge is -2.25. The van der Waals surface area contributed by atoms with Crippen molar-refractivity contribution in [3.8, 4) is 0 Å². The number of hydrogen-bond acceptors (Lipinski definition) is 4. The van der Waals surface area contributed by atoms with E-state index in [9.17, 15) is 4.79 Å². The third-order valence-corrected chi connectivity index (χ3v) is 3.96. The number of fused-ring (bicyclic) bond motifs is 1. The number of methoxy groups -OCH3 is 1. The smallest absolute Gasteiger partial charge is 0.341 e. The molecule has 2 heterocycles. The lowest BCUT2D eigenvalue weighted by Crippen LogP contribution is -2.32. The number of imidazole rings is 1. The molecule has 1 aliphatic carbocycles. The topological polar surface area (TPSA) is 46.8 Å². The van der Waals surface area contributed by atoms with Gasteiger partial charge in [0.15, 0.2) is 5.65 Å². The molecule has 3 rings (SSSR count). The largest absolute Gasteiger partial charge is 0.465 e. The summed E-state index contributed by atoms with van der Waals surface area (Å²) in [6, 6.07) is 4.78. The second-order valence-corrected chi connectivity index (χ2v) is 5.87. The van der Waals surface area contributed by atoms with E-state index in [2.05, 4.69) is 23.7 Å². The van der Waals surface area contributed by atoms with Crippen LogP contribution in [0.25, 0.3) is 5.65 Å². The van der Waals surface area contributed by atoms with Gasteiger partial charge >= 0.3 is 5.97 Å². The summed E-state index contributed by atoms with van der Waals surface area (Å²) < 4.78 is 6.71. The minimum Gasteiger partial charge on any atom is -0.465 e. The van der Waals surface area contributed by atoms with Gasteiger partial charge in [-0.1, -0.05) is 0 Å². The van der Waals surface area contributed by atoms with E-state index in [-0.39, 0.29) is 5.97 Å². The molecule has 0 N–H and O–H groups in total. The maximum Gasteiger partial charge on any atom is 0.341 e. The molecule has 0 atom stereocenters. The van der Waals surface area contributed by atoms with Crippen LogP contribution in [0.15, 0.2) is 24.5 Å². The molecule has 0 amide bonds. The number of aromatic nitrogens is 2. The van der Waals surface area contributed by atoms with E-state index in [1.54, 1.807) is 6.07 Å². The van der Waals surface area contributed by atoms with Gasteiger partial charge in [0.2, 0.25) is 0 Å². The number of ether oxygens (including phenoxy) is 1. The Morgan fingerprint density at radius 2 is 2.29 bits per heavy atom. The minimum atomic E-state index is -0.347. The van der Waals surface area contributed by atoms with Crippen LogP contribution in [0.5, 0.6) is 0 Å². The summed E-state index contributed by atoms with van der Waals surface area (Å²) >= 11 is 0. The van der Waals surface area contributed by atoms with Crippen LogP contribution in [0.3, 0.4) is 0 Å². The maximum atomic E-state index is 11.8. The van der Waals surface area contributed by atoms with Crippen molar-refractivity contribution in [3.63, 3.8) is 0 Å². The van der Waals surface area contributed by atoms with Gasteiger partial charge in [0, 0.05) is 31.0 Å². The monoisotopic (exact) mass is 287 g/mol. The Kier molecular flexibility index (Phi) is 3.68. The van der Waals surface area contributed by atoms with Crippen molar-refractivity contribution in [2.75, 3.05) is 7.11 Å². The minimum absolute atomic E-state index is 0.347. The molecule has 0 aromatic carbocycles. The van der Waals surface area contributed by atoms with Crippen LogP contribution in [0.4, 0.5) is 0 Å². The average molecular weight is 287 g/mol. The molecule has 0 saturated heterocycles. The highest BCUT2D eigenvalue weighted by molar-refractivity contribution is 5.95. The molecular weight excluding hydrogens is 266 g/mol. The first kappa shape index (κ1) is 14.1. The lowest BCUT2D eigenvalue weighted by atomic mass is 10.3. The van der Waals surface area contributed by atoms with Gasteiger partial charge in [-0.3, -0.25) is 4.90 Å². The van der Waals surface area contributed by atoms with Crippen molar-refractivity contribution >= 4 is 11.6 Å². The van der Waals surface area contributed by atoms with Crippen LogP contribution in [-0.4, -0.2) is 39.4 Å². The van der Waals surface area contributed by atoms with Crippen molar-refractivity contribution in [1.82, 2.24) is 14.3 Å². The summed E-state index contributed by atoms with van der Waals surface area (Å²) in [5.41, 5.74) is 2.17. The quantitative estimate of drug-likeness (QED) is 0.793. The first-order valence-corrected chi connectivity index (χ1v) is 7.41. The van der Waals surface area contributed by atoms with Crippen LogP contribution in [0, 0.1) is 0 Å². The number of hydrogen-bond donors (Lipinski definition) is 0. The van der Waals surface area contributed by atoms with Gasteiger partial charge in [0.1, 0.15) is 5.56 Å². The van der Waals surface area contributed by atoms with Gasteiger partial charge in [-0.25, -0.2) is 9.78 Å². The highest BCUT2D eigenvalue weighted by Crippen LogP contribution is 2.30. The Morgan fingerprint density at radius 1 is 1.52 bits per heavy atom. The summed E-state index contributed by atoms with van der Waals surface area (Å²) in [7, 11) is 1.39. The van der Waals surface area contributed by atoms with E-state index in [1.165, 1.54) is 20.0 Å². The summed E-state index contributed by atoms with van der Waals surface area (Å²) in [6.45, 7) is 5.26. The number of carbonyl (C=O) groups excluding carboxylic acids is 1. The maximum absolute atomic E-state index is 11.8. The Balaban J connectivity index is 1.92. The fourth-order valence-electron chi connectivity index (χ4n) is 2.74. The van der Waals surface area contributed by atoms with E-state index < -0.39 is 0 Å². The molecule has 112 valence electrons. The van der Waals surface area contributed by atoms with Crippen LogP contribution in [-0.2, 0) is 11.3 Å². The molecule has 0 unspecified atom stereocenters. The third kappa shape index (κ3) is 2.78. The molecule has 1 saturated carbocycles. The third-order valence-electron chi connectivity index (χ3n) is 3.96. The molecule has 21 heavy (non-hydrogen) atoms. The van der Waals surface area contributed by atoms with Crippen LogP contribution < -0.4 is 0 Å². The predicted molar refractivity (Wildman–Crippen MR) is 80.2 cm³/mol. The molecule has 0 spiro atoms. The van der Waals surface area contributed by atoms with Crippen molar-refractivity contribution in [1.29, 1.82) is 0 Å². The molecule has 1 fully saturated rings. The SMILES string of the molecule is COC(=O)c1cccn2cc(CN(C(C)C)C3CC3)nc12. The highest BCUT2D eigenvalue weighted by atomic mass is 16.5. The zero-order valence-electron chi connectivity index (χ0n) is 12.7. The Bertz CT molecular complexity index is 657. The van der Waals surface area contributed by atoms with Gasteiger partial charge in [-0.05, 0) is 38.8 Å². The molecule has 5 nitrogen and oxygen atoms in total. The first-order valence-electron chi connectivity index (χ1n) is 7.41. The van der Waals surface area contributed by atoms with Crippen molar-refractivity contribution < 1.29 is 9.53 Å². The molecule has 2 aromatic rings. The predicted octanol–water partition coefficient (Wildman–Crippen LogP) is 2.49. The summed E-state index contributed by atoms with van der Waals surface area (Å²) in [5, 5.41) is 0. The normalized spacial score (nSPS) is 15.1. The molecule has 0 bridgehead atoms. The number of nitrogens with zero attached hydrogens (tertiary/aromatic N) is 3. The second-order valence-electron chi connectivity index (χ2n) is 5.87. The van der Waals surface area contributed by atoms with Crippen molar-refractivity contribution in [2.24, 2.45) is 0 Å². The zero-order chi connectivity index (χ0) is 15.0. The van der Waals surface area contributed by atoms with E-state index in [0.717, 1.165) is 12.2 Å². The Morgan fingerprint density at radius 3 is 2.90 bits per heavy atom. The molecule has 0 aliphatic heterocycles. The van der Waals surface area contributed by atoms with Crippen LogP contribution in [0.2, 0.25) is 0 Å². The lowest BCUT2D eigenvalue weighted by molar-refractivity contribution is 0.0602. The van der Waals surface area contributed by atoms with E-state index >= 15 is 0 Å². The molecule has 5 heteroatoms. The van der Waals surface area contributed by atoms with Gasteiger partial charge in [-0.2, -0.15) is 0 Å². The van der Waals surface area contributed by atoms with E-state index in [1.807, 2.05) is 22.9 Å². The number of esters is 1. The Hall–Kier alpha value is -1.88. The molecule has 0 radical (unpaired) electrons. The Labute approximate surface area is 124 Å². The number of carbonyl (C=O) groups is 1. The van der Waals surface area contributed by atoms with Crippen LogP contribution >= 0.6 is 0 Å². The zero-order valence-corrected chi connectivity index (χ0v) is 12.7. The fraction of sp³-hybridized carbons (Fsp3) is 0.500. The second kappa shape index (κ2) is 5.48. The fourth-order valence-corrected chi connectivity index (χ4v) is 2.74. The first-order chi connectivity index (χ1) is 10.1. The van der Waals surface area contributed by atoms with Crippen molar-refractivity contribution in [3.05, 3.63) is 35.8 Å². The molecule has 1 aliphatic rings. The summed E-state index contributed by atoms with van der Waals surface area (Å²) in [6.07, 6.45) is 6.46. The van der Waals surface area contributed by atoms with Gasteiger partial charge < -0.3 is 9.14 Å². The summed E-state index contributed by atoms with van der Waals surface area (Å²) in [4.78, 5) is 18.9. The standard InChI is InChI=1S/C16H21N3O2/c1-11(2)19(13-6-7-13)10-12-9-18-8-4-5-14(15(18)17-12)16(20)21-3/h4-5,8-9,11,13H,6-7,10H2,1-3H3. The summed E-state index contributed by atoms with van der Waals surface area (Å²) in [5.74, 6) is -0.347.